The summed E-state index contributed by atoms with van der Waals surface area (Å²) in [5.41, 5.74) is 8.86. The fourth-order valence-electron chi connectivity index (χ4n) is 1.80. The van der Waals surface area contributed by atoms with Crippen LogP contribution >= 0.6 is 0 Å². The fraction of sp³-hybridized carbons (Fsp3) is 0.533. The maximum absolute atomic E-state index is 12.1. The molecule has 0 bridgehead atoms. The molecule has 1 unspecified atom stereocenters. The number of rotatable bonds is 3. The van der Waals surface area contributed by atoms with Gasteiger partial charge in [0.25, 0.3) is 0 Å². The van der Waals surface area contributed by atoms with Crippen LogP contribution < -0.4 is 11.1 Å². The number of anilines is 1. The molecule has 0 aromatic heterocycles. The first kappa shape index (κ1) is 14.7. The highest BCUT2D eigenvalue weighted by Gasteiger charge is 2.27. The minimum atomic E-state index is -0.512. The van der Waals surface area contributed by atoms with Gasteiger partial charge in [0.2, 0.25) is 5.91 Å². The van der Waals surface area contributed by atoms with E-state index in [0.717, 1.165) is 23.2 Å². The van der Waals surface area contributed by atoms with Crippen molar-refractivity contribution in [2.75, 3.05) is 5.32 Å². The van der Waals surface area contributed by atoms with Gasteiger partial charge in [-0.3, -0.25) is 4.79 Å². The molecule has 0 saturated carbocycles. The highest BCUT2D eigenvalue weighted by Crippen LogP contribution is 2.23. The van der Waals surface area contributed by atoms with Crippen molar-refractivity contribution < 1.29 is 4.79 Å². The minimum Gasteiger partial charge on any atom is -0.324 e. The van der Waals surface area contributed by atoms with E-state index in [9.17, 15) is 4.79 Å². The third-order valence-electron chi connectivity index (χ3n) is 3.20. The van der Waals surface area contributed by atoms with Crippen molar-refractivity contribution >= 4 is 11.6 Å². The van der Waals surface area contributed by atoms with Crippen LogP contribution in [0.2, 0.25) is 0 Å². The second-order valence-corrected chi connectivity index (χ2v) is 5.80. The second-order valence-electron chi connectivity index (χ2n) is 5.80. The number of carbonyl (C=O) groups is 1. The number of benzene rings is 1. The normalized spacial score (nSPS) is 13.2. The molecule has 0 saturated heterocycles. The predicted octanol–water partition coefficient (Wildman–Crippen LogP) is 2.87. The summed E-state index contributed by atoms with van der Waals surface area (Å²) in [6, 6.07) is 5.53. The summed E-state index contributed by atoms with van der Waals surface area (Å²) in [4.78, 5) is 12.1. The van der Waals surface area contributed by atoms with Gasteiger partial charge in [-0.1, -0.05) is 45.9 Å². The topological polar surface area (TPSA) is 55.1 Å². The Morgan fingerprint density at radius 3 is 2.50 bits per heavy atom. The molecule has 100 valence electrons. The van der Waals surface area contributed by atoms with Crippen molar-refractivity contribution in [1.82, 2.24) is 0 Å². The first-order chi connectivity index (χ1) is 8.27. The Labute approximate surface area is 110 Å². The quantitative estimate of drug-likeness (QED) is 0.864. The van der Waals surface area contributed by atoms with Gasteiger partial charge in [0.15, 0.2) is 0 Å². The molecule has 1 aromatic carbocycles. The molecule has 0 fully saturated rings. The highest BCUT2D eigenvalue weighted by molar-refractivity contribution is 5.96. The third-order valence-corrected chi connectivity index (χ3v) is 3.20. The lowest BCUT2D eigenvalue weighted by Crippen LogP contribution is -2.45. The van der Waals surface area contributed by atoms with Gasteiger partial charge < -0.3 is 11.1 Å². The van der Waals surface area contributed by atoms with E-state index in [1.165, 1.54) is 0 Å². The number of nitrogens with two attached hydrogens (primary N) is 1. The van der Waals surface area contributed by atoms with E-state index in [2.05, 4.69) is 12.2 Å². The summed E-state index contributed by atoms with van der Waals surface area (Å²) in [5, 5.41) is 2.97. The molecule has 1 amide bonds. The summed E-state index contributed by atoms with van der Waals surface area (Å²) in [6.07, 6.45) is 0.891. The number of nitrogens with one attached hydrogen (secondary N) is 1. The Morgan fingerprint density at radius 2 is 2.00 bits per heavy atom. The lowest BCUT2D eigenvalue weighted by Gasteiger charge is -2.26. The molecule has 0 aliphatic heterocycles. The monoisotopic (exact) mass is 248 g/mol. The zero-order valence-corrected chi connectivity index (χ0v) is 12.0. The molecule has 1 rings (SSSR count). The Morgan fingerprint density at radius 1 is 1.39 bits per heavy atom. The summed E-state index contributed by atoms with van der Waals surface area (Å²) < 4.78 is 0. The van der Waals surface area contributed by atoms with Gasteiger partial charge in [0.05, 0.1) is 6.04 Å². The third kappa shape index (κ3) is 3.33. The molecule has 0 spiro atoms. The number of hydrogen-bond donors (Lipinski definition) is 2. The molecule has 1 atom stereocenters. The zero-order chi connectivity index (χ0) is 13.9. The van der Waals surface area contributed by atoms with E-state index in [1.807, 2.05) is 45.9 Å². The van der Waals surface area contributed by atoms with Crippen LogP contribution in [-0.2, 0) is 11.2 Å². The van der Waals surface area contributed by atoms with Crippen LogP contribution in [-0.4, -0.2) is 11.9 Å². The SMILES string of the molecule is CCc1cccc(C)c1NC(=O)C(N)C(C)(C)C. The first-order valence-corrected chi connectivity index (χ1v) is 6.42. The molecule has 0 aliphatic rings. The molecule has 3 heteroatoms. The number of carbonyl (C=O) groups excluding carboxylic acids is 1. The smallest absolute Gasteiger partial charge is 0.241 e. The van der Waals surface area contributed by atoms with E-state index in [4.69, 9.17) is 5.73 Å². The average molecular weight is 248 g/mol. The largest absolute Gasteiger partial charge is 0.324 e. The fourth-order valence-corrected chi connectivity index (χ4v) is 1.80. The highest BCUT2D eigenvalue weighted by atomic mass is 16.2. The second kappa shape index (κ2) is 5.53. The van der Waals surface area contributed by atoms with Gasteiger partial charge in [-0.2, -0.15) is 0 Å². The van der Waals surface area contributed by atoms with Gasteiger partial charge in [0.1, 0.15) is 0 Å². The van der Waals surface area contributed by atoms with Gasteiger partial charge in [-0.25, -0.2) is 0 Å². The minimum absolute atomic E-state index is 0.119. The Bertz CT molecular complexity index is 433. The van der Waals surface area contributed by atoms with Crippen LogP contribution in [0.25, 0.3) is 0 Å². The van der Waals surface area contributed by atoms with Crippen molar-refractivity contribution in [3.8, 4) is 0 Å². The van der Waals surface area contributed by atoms with Crippen LogP contribution in [0.5, 0.6) is 0 Å². The standard InChI is InChI=1S/C15H24N2O/c1-6-11-9-7-8-10(2)12(11)17-14(18)13(16)15(3,4)5/h7-9,13H,6,16H2,1-5H3,(H,17,18). The Hall–Kier alpha value is -1.35. The van der Waals surface area contributed by atoms with Crippen molar-refractivity contribution in [1.29, 1.82) is 0 Å². The van der Waals surface area contributed by atoms with Crippen molar-refractivity contribution in [2.45, 2.75) is 47.1 Å². The summed E-state index contributed by atoms with van der Waals surface area (Å²) >= 11 is 0. The number of hydrogen-bond acceptors (Lipinski definition) is 2. The van der Waals surface area contributed by atoms with Crippen LogP contribution in [0.4, 0.5) is 5.69 Å². The van der Waals surface area contributed by atoms with Crippen molar-refractivity contribution in [2.24, 2.45) is 11.1 Å². The van der Waals surface area contributed by atoms with Gasteiger partial charge in [-0.05, 0) is 29.9 Å². The van der Waals surface area contributed by atoms with E-state index >= 15 is 0 Å². The molecule has 0 radical (unpaired) electrons. The number of para-hydroxylation sites is 1. The number of aryl methyl sites for hydroxylation is 2. The Balaban J connectivity index is 2.95. The summed E-state index contributed by atoms with van der Waals surface area (Å²) in [7, 11) is 0. The zero-order valence-electron chi connectivity index (χ0n) is 12.0. The van der Waals surface area contributed by atoms with E-state index in [1.54, 1.807) is 0 Å². The molecule has 1 aromatic rings. The molecular formula is C15H24N2O. The Kier molecular flexibility index (Phi) is 4.52. The average Bonchev–Trinajstić information content (AvgIpc) is 2.29. The predicted molar refractivity (Wildman–Crippen MR) is 76.6 cm³/mol. The van der Waals surface area contributed by atoms with Crippen molar-refractivity contribution in [3.63, 3.8) is 0 Å². The summed E-state index contributed by atoms with van der Waals surface area (Å²) in [6.45, 7) is 9.98. The van der Waals surface area contributed by atoms with Crippen LogP contribution in [0.3, 0.4) is 0 Å². The van der Waals surface area contributed by atoms with E-state index in [0.29, 0.717) is 0 Å². The van der Waals surface area contributed by atoms with Crippen molar-refractivity contribution in [3.05, 3.63) is 29.3 Å². The molecule has 18 heavy (non-hydrogen) atoms. The number of amides is 1. The lowest BCUT2D eigenvalue weighted by molar-refractivity contribution is -0.119. The lowest BCUT2D eigenvalue weighted by atomic mass is 9.87. The molecule has 3 nitrogen and oxygen atoms in total. The molecular weight excluding hydrogens is 224 g/mol. The first-order valence-electron chi connectivity index (χ1n) is 6.42. The van der Waals surface area contributed by atoms with Crippen LogP contribution in [0.15, 0.2) is 18.2 Å². The van der Waals surface area contributed by atoms with Gasteiger partial charge in [-0.15, -0.1) is 0 Å². The molecule has 0 heterocycles. The van der Waals surface area contributed by atoms with E-state index < -0.39 is 6.04 Å². The van der Waals surface area contributed by atoms with Crippen LogP contribution in [0.1, 0.15) is 38.8 Å². The maximum atomic E-state index is 12.1. The van der Waals surface area contributed by atoms with E-state index in [-0.39, 0.29) is 11.3 Å². The molecule has 0 aliphatic carbocycles. The van der Waals surface area contributed by atoms with Gasteiger partial charge in [0, 0.05) is 5.69 Å². The van der Waals surface area contributed by atoms with Crippen LogP contribution in [0, 0.1) is 12.3 Å². The molecule has 3 N–H and O–H groups in total. The van der Waals surface area contributed by atoms with Gasteiger partial charge >= 0.3 is 0 Å². The summed E-state index contributed by atoms with van der Waals surface area (Å²) in [5.74, 6) is -0.119. The maximum Gasteiger partial charge on any atom is 0.241 e.